The van der Waals surface area contributed by atoms with Crippen molar-refractivity contribution >= 4 is 27.6 Å². The summed E-state index contributed by atoms with van der Waals surface area (Å²) < 4.78 is 0.795. The second-order valence-corrected chi connectivity index (χ2v) is 4.91. The van der Waals surface area contributed by atoms with Crippen LogP contribution in [0.25, 0.3) is 0 Å². The summed E-state index contributed by atoms with van der Waals surface area (Å²) in [6.07, 6.45) is 2.15. The van der Waals surface area contributed by atoms with Crippen molar-refractivity contribution < 1.29 is 5.11 Å². The van der Waals surface area contributed by atoms with Crippen molar-refractivity contribution in [2.45, 2.75) is 25.8 Å². The Hall–Kier alpha value is -0.880. The summed E-state index contributed by atoms with van der Waals surface area (Å²) in [5.41, 5.74) is -0.212. The van der Waals surface area contributed by atoms with Gasteiger partial charge in [0, 0.05) is 19.2 Å². The van der Waals surface area contributed by atoms with Crippen LogP contribution in [-0.2, 0) is 0 Å². The molecule has 1 heterocycles. The summed E-state index contributed by atoms with van der Waals surface area (Å²) >= 11 is 3.43. The van der Waals surface area contributed by atoms with Gasteiger partial charge in [-0.25, -0.2) is 9.97 Å². The van der Waals surface area contributed by atoms with Crippen molar-refractivity contribution in [3.05, 3.63) is 10.8 Å². The first-order chi connectivity index (χ1) is 7.50. The van der Waals surface area contributed by atoms with E-state index in [1.54, 1.807) is 7.05 Å². The average molecular weight is 289 g/mol. The van der Waals surface area contributed by atoms with Crippen molar-refractivity contribution in [3.8, 4) is 0 Å². The van der Waals surface area contributed by atoms with E-state index in [4.69, 9.17) is 5.11 Å². The summed E-state index contributed by atoms with van der Waals surface area (Å²) in [5.74, 6) is 1.45. The Kier molecular flexibility index (Phi) is 4.49. The molecule has 0 saturated heterocycles. The number of anilines is 2. The Balaban J connectivity index is 2.89. The molecule has 0 aliphatic carbocycles. The summed E-state index contributed by atoms with van der Waals surface area (Å²) in [6, 6.07) is 0. The molecule has 0 saturated carbocycles. The number of hydrogen-bond acceptors (Lipinski definition) is 5. The predicted molar refractivity (Wildman–Crippen MR) is 68.7 cm³/mol. The van der Waals surface area contributed by atoms with E-state index < -0.39 is 0 Å². The van der Waals surface area contributed by atoms with Gasteiger partial charge in [-0.2, -0.15) is 0 Å². The number of nitrogens with one attached hydrogen (secondary N) is 2. The summed E-state index contributed by atoms with van der Waals surface area (Å²) in [6.45, 7) is 4.16. The number of nitrogens with zero attached hydrogens (tertiary/aromatic N) is 2. The lowest BCUT2D eigenvalue weighted by molar-refractivity contribution is 0.260. The molecule has 0 amide bonds. The Morgan fingerprint density at radius 1 is 1.38 bits per heavy atom. The van der Waals surface area contributed by atoms with Crippen LogP contribution in [0.2, 0.25) is 0 Å². The van der Waals surface area contributed by atoms with Crippen LogP contribution in [0, 0.1) is 0 Å². The number of aromatic nitrogens is 2. The minimum absolute atomic E-state index is 0.140. The maximum Gasteiger partial charge on any atom is 0.146 e. The van der Waals surface area contributed by atoms with Gasteiger partial charge < -0.3 is 15.7 Å². The fourth-order valence-electron chi connectivity index (χ4n) is 1.29. The van der Waals surface area contributed by atoms with Gasteiger partial charge in [-0.3, -0.25) is 0 Å². The van der Waals surface area contributed by atoms with Crippen LogP contribution in [0.1, 0.15) is 20.3 Å². The van der Waals surface area contributed by atoms with E-state index in [0.29, 0.717) is 6.42 Å². The fourth-order valence-corrected chi connectivity index (χ4v) is 1.80. The molecule has 3 N–H and O–H groups in total. The van der Waals surface area contributed by atoms with Crippen LogP contribution in [0.3, 0.4) is 0 Å². The van der Waals surface area contributed by atoms with Crippen molar-refractivity contribution in [1.29, 1.82) is 0 Å². The minimum Gasteiger partial charge on any atom is -0.396 e. The van der Waals surface area contributed by atoms with Crippen molar-refractivity contribution in [1.82, 2.24) is 9.97 Å². The first-order valence-corrected chi connectivity index (χ1v) is 5.87. The minimum atomic E-state index is -0.212. The molecule has 0 radical (unpaired) electrons. The molecule has 0 unspecified atom stereocenters. The van der Waals surface area contributed by atoms with Gasteiger partial charge in [-0.15, -0.1) is 0 Å². The molecule has 0 aliphatic rings. The quantitative estimate of drug-likeness (QED) is 0.772. The van der Waals surface area contributed by atoms with E-state index in [-0.39, 0.29) is 12.1 Å². The highest BCUT2D eigenvalue weighted by Gasteiger charge is 2.19. The molecular weight excluding hydrogens is 272 g/mol. The zero-order valence-corrected chi connectivity index (χ0v) is 11.3. The third kappa shape index (κ3) is 3.31. The molecule has 0 bridgehead atoms. The van der Waals surface area contributed by atoms with Crippen LogP contribution in [-0.4, -0.2) is 34.3 Å². The Morgan fingerprint density at radius 3 is 2.56 bits per heavy atom. The van der Waals surface area contributed by atoms with E-state index in [2.05, 4.69) is 36.5 Å². The smallest absolute Gasteiger partial charge is 0.146 e. The van der Waals surface area contributed by atoms with Crippen LogP contribution in [0.4, 0.5) is 11.6 Å². The third-order valence-electron chi connectivity index (χ3n) is 2.22. The van der Waals surface area contributed by atoms with Gasteiger partial charge in [-0.05, 0) is 36.2 Å². The summed E-state index contributed by atoms with van der Waals surface area (Å²) in [4.78, 5) is 8.24. The van der Waals surface area contributed by atoms with Crippen LogP contribution in [0.15, 0.2) is 10.8 Å². The Labute approximate surface area is 104 Å². The topological polar surface area (TPSA) is 70.1 Å². The van der Waals surface area contributed by atoms with Crippen LogP contribution < -0.4 is 10.6 Å². The van der Waals surface area contributed by atoms with Gasteiger partial charge in [0.05, 0.1) is 0 Å². The molecule has 6 heteroatoms. The highest BCUT2D eigenvalue weighted by molar-refractivity contribution is 9.10. The second kappa shape index (κ2) is 5.45. The van der Waals surface area contributed by atoms with Gasteiger partial charge in [0.1, 0.15) is 22.4 Å². The number of halogens is 1. The number of rotatable bonds is 5. The zero-order chi connectivity index (χ0) is 12.2. The Morgan fingerprint density at radius 2 is 2.00 bits per heavy atom. The van der Waals surface area contributed by atoms with E-state index in [0.717, 1.165) is 16.1 Å². The number of aliphatic hydroxyl groups excluding tert-OH is 1. The highest BCUT2D eigenvalue weighted by Crippen LogP contribution is 2.28. The SMILES string of the molecule is CNc1ncnc(NC(C)(C)CCO)c1Br. The summed E-state index contributed by atoms with van der Waals surface area (Å²) in [7, 11) is 1.80. The third-order valence-corrected chi connectivity index (χ3v) is 2.97. The average Bonchev–Trinajstić information content (AvgIpc) is 2.21. The first kappa shape index (κ1) is 13.2. The molecule has 0 spiro atoms. The van der Waals surface area contributed by atoms with Gasteiger partial charge >= 0.3 is 0 Å². The van der Waals surface area contributed by atoms with Crippen molar-refractivity contribution in [2.24, 2.45) is 0 Å². The molecule has 0 fully saturated rings. The molecule has 0 atom stereocenters. The van der Waals surface area contributed by atoms with E-state index in [1.165, 1.54) is 6.33 Å². The predicted octanol–water partition coefficient (Wildman–Crippen LogP) is 1.85. The van der Waals surface area contributed by atoms with Crippen LogP contribution >= 0.6 is 15.9 Å². The molecule has 0 aromatic carbocycles. The maximum atomic E-state index is 8.95. The fraction of sp³-hybridized carbons (Fsp3) is 0.600. The van der Waals surface area contributed by atoms with Gasteiger partial charge in [0.15, 0.2) is 0 Å². The molecule has 1 rings (SSSR count). The Bertz CT molecular complexity index is 357. The lowest BCUT2D eigenvalue weighted by atomic mass is 10.0. The van der Waals surface area contributed by atoms with Gasteiger partial charge in [0.2, 0.25) is 0 Å². The van der Waals surface area contributed by atoms with E-state index in [9.17, 15) is 0 Å². The number of aliphatic hydroxyl groups is 1. The molecule has 1 aromatic heterocycles. The lowest BCUT2D eigenvalue weighted by Gasteiger charge is -2.26. The van der Waals surface area contributed by atoms with Crippen LogP contribution in [0.5, 0.6) is 0 Å². The van der Waals surface area contributed by atoms with E-state index in [1.807, 2.05) is 13.8 Å². The molecule has 90 valence electrons. The maximum absolute atomic E-state index is 8.95. The van der Waals surface area contributed by atoms with Crippen molar-refractivity contribution in [2.75, 3.05) is 24.3 Å². The molecule has 0 aliphatic heterocycles. The largest absolute Gasteiger partial charge is 0.396 e. The molecule has 16 heavy (non-hydrogen) atoms. The van der Waals surface area contributed by atoms with E-state index >= 15 is 0 Å². The molecular formula is C10H17BrN4O. The molecule has 5 nitrogen and oxygen atoms in total. The van der Waals surface area contributed by atoms with Gasteiger partial charge in [0.25, 0.3) is 0 Å². The summed E-state index contributed by atoms with van der Waals surface area (Å²) in [5, 5.41) is 15.2. The monoisotopic (exact) mass is 288 g/mol. The standard InChI is InChI=1S/C10H17BrN4O/c1-10(2,4-5-16)15-9-7(11)8(12-3)13-6-14-9/h6,16H,4-5H2,1-3H3,(H2,12,13,14,15). The number of hydrogen-bond donors (Lipinski definition) is 3. The second-order valence-electron chi connectivity index (χ2n) is 4.12. The normalized spacial score (nSPS) is 11.3. The molecule has 1 aromatic rings. The first-order valence-electron chi connectivity index (χ1n) is 5.07. The lowest BCUT2D eigenvalue weighted by Crippen LogP contribution is -2.32. The van der Waals surface area contributed by atoms with Crippen molar-refractivity contribution in [3.63, 3.8) is 0 Å². The van der Waals surface area contributed by atoms with Gasteiger partial charge in [-0.1, -0.05) is 0 Å². The zero-order valence-electron chi connectivity index (χ0n) is 9.71. The highest BCUT2D eigenvalue weighted by atomic mass is 79.9.